The van der Waals surface area contributed by atoms with Crippen molar-refractivity contribution in [3.05, 3.63) is 29.3 Å². The van der Waals surface area contributed by atoms with Gasteiger partial charge in [-0.25, -0.2) is 0 Å². The fourth-order valence-corrected chi connectivity index (χ4v) is 3.63. The maximum Gasteiger partial charge on any atom is 0.254 e. The van der Waals surface area contributed by atoms with Crippen molar-refractivity contribution in [3.63, 3.8) is 0 Å². The summed E-state index contributed by atoms with van der Waals surface area (Å²) in [4.78, 5) is 17.4. The Balaban J connectivity index is 1.64. The summed E-state index contributed by atoms with van der Waals surface area (Å²) >= 11 is 0. The summed E-state index contributed by atoms with van der Waals surface area (Å²) in [5, 5.41) is 9.90. The van der Waals surface area contributed by atoms with Gasteiger partial charge in [0.2, 0.25) is 0 Å². The Hall–Kier alpha value is -1.59. The lowest BCUT2D eigenvalue weighted by Gasteiger charge is -2.37. The van der Waals surface area contributed by atoms with Crippen LogP contribution in [0, 0.1) is 6.92 Å². The zero-order chi connectivity index (χ0) is 16.9. The summed E-state index contributed by atoms with van der Waals surface area (Å²) in [5.74, 6) is 0.250. The molecule has 0 aromatic heterocycles. The first kappa shape index (κ1) is 17.2. The predicted molar refractivity (Wildman–Crippen MR) is 93.4 cm³/mol. The smallest absolute Gasteiger partial charge is 0.254 e. The van der Waals surface area contributed by atoms with Crippen molar-refractivity contribution in [1.82, 2.24) is 9.80 Å². The summed E-state index contributed by atoms with van der Waals surface area (Å²) < 4.78 is 5.40. The van der Waals surface area contributed by atoms with Gasteiger partial charge >= 0.3 is 0 Å². The summed E-state index contributed by atoms with van der Waals surface area (Å²) in [6, 6.07) is 5.54. The number of nitrogens with zero attached hydrogens (tertiary/aromatic N) is 2. The quantitative estimate of drug-likeness (QED) is 0.920. The molecule has 0 spiro atoms. The molecule has 0 unspecified atom stereocenters. The first-order valence-corrected chi connectivity index (χ1v) is 9.06. The Morgan fingerprint density at radius 2 is 2.04 bits per heavy atom. The Kier molecular flexibility index (Phi) is 5.74. The maximum atomic E-state index is 12.9. The van der Waals surface area contributed by atoms with E-state index in [4.69, 9.17) is 4.74 Å². The minimum absolute atomic E-state index is 0.0528. The van der Waals surface area contributed by atoms with Crippen LogP contribution in [-0.4, -0.2) is 66.2 Å². The third kappa shape index (κ3) is 4.08. The molecule has 1 aromatic rings. The number of amides is 1. The van der Waals surface area contributed by atoms with Gasteiger partial charge in [0.1, 0.15) is 5.75 Å². The van der Waals surface area contributed by atoms with E-state index in [-0.39, 0.29) is 11.7 Å². The van der Waals surface area contributed by atoms with Gasteiger partial charge in [0, 0.05) is 37.8 Å². The molecule has 2 aliphatic rings. The Labute approximate surface area is 144 Å². The van der Waals surface area contributed by atoms with Crippen molar-refractivity contribution in [3.8, 4) is 5.75 Å². The van der Waals surface area contributed by atoms with Crippen LogP contribution in [0.25, 0.3) is 0 Å². The summed E-state index contributed by atoms with van der Waals surface area (Å²) in [7, 11) is 0. The fraction of sp³-hybridized carbons (Fsp3) is 0.632. The second-order valence-corrected chi connectivity index (χ2v) is 6.89. The number of piperidine rings is 1. The molecule has 0 bridgehead atoms. The largest absolute Gasteiger partial charge is 0.508 e. The standard InChI is InChI=1S/C19H28N2O3/c1-15-5-6-16(14-18(15)22)19(23)21-8-3-2-4-17(21)7-9-20-10-12-24-13-11-20/h5-6,14,17,22H,2-4,7-13H2,1H3/t17-/m1/s1. The average molecular weight is 332 g/mol. The number of hydrogen-bond acceptors (Lipinski definition) is 4. The Bertz CT molecular complexity index is 570. The molecule has 3 rings (SSSR count). The topological polar surface area (TPSA) is 53.0 Å². The van der Waals surface area contributed by atoms with Crippen molar-refractivity contribution in [2.75, 3.05) is 39.4 Å². The first-order chi connectivity index (χ1) is 11.6. The van der Waals surface area contributed by atoms with E-state index in [0.717, 1.165) is 64.2 Å². The number of phenolic OH excluding ortho intramolecular Hbond substituents is 1. The zero-order valence-corrected chi connectivity index (χ0v) is 14.5. The Morgan fingerprint density at radius 3 is 2.79 bits per heavy atom. The molecule has 0 saturated carbocycles. The number of morpholine rings is 1. The van der Waals surface area contributed by atoms with Crippen LogP contribution < -0.4 is 0 Å². The molecule has 1 aromatic carbocycles. The highest BCUT2D eigenvalue weighted by Gasteiger charge is 2.28. The lowest BCUT2D eigenvalue weighted by molar-refractivity contribution is 0.0295. The van der Waals surface area contributed by atoms with Gasteiger partial charge in [-0.05, 0) is 50.3 Å². The number of ether oxygens (including phenoxy) is 1. The number of hydrogen-bond donors (Lipinski definition) is 1. The van der Waals surface area contributed by atoms with Crippen molar-refractivity contribution in [1.29, 1.82) is 0 Å². The summed E-state index contributed by atoms with van der Waals surface area (Å²) in [6.07, 6.45) is 4.35. The van der Waals surface area contributed by atoms with Crippen LogP contribution in [0.1, 0.15) is 41.6 Å². The van der Waals surface area contributed by atoms with Gasteiger partial charge in [0.15, 0.2) is 0 Å². The van der Waals surface area contributed by atoms with Crippen LogP contribution >= 0.6 is 0 Å². The third-order valence-corrected chi connectivity index (χ3v) is 5.23. The van der Waals surface area contributed by atoms with E-state index in [0.29, 0.717) is 11.6 Å². The zero-order valence-electron chi connectivity index (χ0n) is 14.5. The molecule has 0 aliphatic carbocycles. The van der Waals surface area contributed by atoms with Gasteiger partial charge in [-0.2, -0.15) is 0 Å². The van der Waals surface area contributed by atoms with Crippen molar-refractivity contribution in [2.45, 2.75) is 38.6 Å². The van der Waals surface area contributed by atoms with Crippen LogP contribution in [0.15, 0.2) is 18.2 Å². The molecule has 2 heterocycles. The van der Waals surface area contributed by atoms with Crippen molar-refractivity contribution < 1.29 is 14.6 Å². The lowest BCUT2D eigenvalue weighted by Crippen LogP contribution is -2.46. The SMILES string of the molecule is Cc1ccc(C(=O)N2CCCC[C@@H]2CCN2CCOCC2)cc1O. The average Bonchev–Trinajstić information content (AvgIpc) is 2.63. The van der Waals surface area contributed by atoms with Gasteiger partial charge in [0.25, 0.3) is 5.91 Å². The van der Waals surface area contributed by atoms with E-state index in [1.807, 2.05) is 24.0 Å². The van der Waals surface area contributed by atoms with E-state index in [9.17, 15) is 9.90 Å². The first-order valence-electron chi connectivity index (χ1n) is 9.06. The van der Waals surface area contributed by atoms with Crippen LogP contribution in [-0.2, 0) is 4.74 Å². The fourth-order valence-electron chi connectivity index (χ4n) is 3.63. The molecule has 1 amide bonds. The van der Waals surface area contributed by atoms with Crippen molar-refractivity contribution in [2.24, 2.45) is 0 Å². The number of benzene rings is 1. The van der Waals surface area contributed by atoms with E-state index >= 15 is 0 Å². The van der Waals surface area contributed by atoms with E-state index in [2.05, 4.69) is 4.90 Å². The van der Waals surface area contributed by atoms with Gasteiger partial charge < -0.3 is 14.7 Å². The van der Waals surface area contributed by atoms with E-state index in [1.165, 1.54) is 6.42 Å². The molecule has 2 aliphatic heterocycles. The second kappa shape index (κ2) is 7.99. The molecule has 1 atom stereocenters. The van der Waals surface area contributed by atoms with Gasteiger partial charge in [0.05, 0.1) is 13.2 Å². The number of likely N-dealkylation sites (tertiary alicyclic amines) is 1. The monoisotopic (exact) mass is 332 g/mol. The molecule has 2 fully saturated rings. The highest BCUT2D eigenvalue weighted by Crippen LogP contribution is 2.25. The number of aryl methyl sites for hydroxylation is 1. The Morgan fingerprint density at radius 1 is 1.25 bits per heavy atom. The van der Waals surface area contributed by atoms with Gasteiger partial charge in [-0.15, -0.1) is 0 Å². The minimum atomic E-state index is 0.0528. The van der Waals surface area contributed by atoms with E-state index in [1.54, 1.807) is 6.07 Å². The number of aromatic hydroxyl groups is 1. The molecule has 5 heteroatoms. The molecule has 132 valence electrons. The van der Waals surface area contributed by atoms with Gasteiger partial charge in [-0.1, -0.05) is 6.07 Å². The third-order valence-electron chi connectivity index (χ3n) is 5.23. The molecule has 5 nitrogen and oxygen atoms in total. The highest BCUT2D eigenvalue weighted by atomic mass is 16.5. The van der Waals surface area contributed by atoms with E-state index < -0.39 is 0 Å². The molecular weight excluding hydrogens is 304 g/mol. The predicted octanol–water partition coefficient (Wildman–Crippen LogP) is 2.42. The lowest BCUT2D eigenvalue weighted by atomic mass is 9.97. The molecule has 0 radical (unpaired) electrons. The summed E-state index contributed by atoms with van der Waals surface area (Å²) in [5.41, 5.74) is 1.39. The molecular formula is C19H28N2O3. The molecule has 1 N–H and O–H groups in total. The van der Waals surface area contributed by atoms with Crippen LogP contribution in [0.3, 0.4) is 0 Å². The number of carbonyl (C=O) groups excluding carboxylic acids is 1. The van der Waals surface area contributed by atoms with Crippen LogP contribution in [0.2, 0.25) is 0 Å². The number of phenols is 1. The number of carbonyl (C=O) groups is 1. The minimum Gasteiger partial charge on any atom is -0.508 e. The maximum absolute atomic E-state index is 12.9. The van der Waals surface area contributed by atoms with Crippen LogP contribution in [0.4, 0.5) is 0 Å². The van der Waals surface area contributed by atoms with Gasteiger partial charge in [-0.3, -0.25) is 9.69 Å². The highest BCUT2D eigenvalue weighted by molar-refractivity contribution is 5.95. The second-order valence-electron chi connectivity index (χ2n) is 6.89. The van der Waals surface area contributed by atoms with Crippen molar-refractivity contribution >= 4 is 5.91 Å². The number of rotatable bonds is 4. The van der Waals surface area contributed by atoms with Crippen LogP contribution in [0.5, 0.6) is 5.75 Å². The normalized spacial score (nSPS) is 22.5. The summed E-state index contributed by atoms with van der Waals surface area (Å²) in [6.45, 7) is 7.30. The molecule has 24 heavy (non-hydrogen) atoms. The molecule has 2 saturated heterocycles.